The van der Waals surface area contributed by atoms with Gasteiger partial charge in [0.2, 0.25) is 0 Å². The van der Waals surface area contributed by atoms with Crippen molar-refractivity contribution in [2.24, 2.45) is 0 Å². The maximum Gasteiger partial charge on any atom is 0.410 e. The molecule has 0 saturated carbocycles. The van der Waals surface area contributed by atoms with Gasteiger partial charge < -0.3 is 19.6 Å². The summed E-state index contributed by atoms with van der Waals surface area (Å²) >= 11 is 0. The van der Waals surface area contributed by atoms with E-state index in [2.05, 4.69) is 4.90 Å². The molecule has 5 nitrogen and oxygen atoms in total. The third kappa shape index (κ3) is 3.67. The Hall–Kier alpha value is -1.59. The minimum absolute atomic E-state index is 0.166. The zero-order chi connectivity index (χ0) is 16.3. The van der Waals surface area contributed by atoms with Crippen LogP contribution in [0.15, 0.2) is 30.3 Å². The summed E-state index contributed by atoms with van der Waals surface area (Å²) < 4.78 is 5.65. The molecule has 23 heavy (non-hydrogen) atoms. The van der Waals surface area contributed by atoms with E-state index >= 15 is 0 Å². The topological polar surface area (TPSA) is 53.0 Å². The fraction of sp³-hybridized carbons (Fsp3) is 0.611. The molecule has 1 aromatic carbocycles. The smallest absolute Gasteiger partial charge is 0.410 e. The lowest BCUT2D eigenvalue weighted by atomic mass is 9.91. The molecule has 1 N–H and O–H groups in total. The predicted octanol–water partition coefficient (Wildman–Crippen LogP) is 2.42. The molecule has 1 amide bonds. The first-order valence-corrected chi connectivity index (χ1v) is 8.55. The number of likely N-dealkylation sites (N-methyl/N-ethyl adjacent to an activating group) is 1. The second-order valence-electron chi connectivity index (χ2n) is 6.62. The van der Waals surface area contributed by atoms with Crippen LogP contribution >= 0.6 is 0 Å². The highest BCUT2D eigenvalue weighted by molar-refractivity contribution is 5.70. The molecule has 1 aromatic rings. The number of ether oxygens (including phenoxy) is 1. The van der Waals surface area contributed by atoms with Crippen molar-refractivity contribution in [3.63, 3.8) is 0 Å². The normalized spacial score (nSPS) is 22.3. The van der Waals surface area contributed by atoms with Crippen LogP contribution in [0.3, 0.4) is 0 Å². The molecule has 0 unspecified atom stereocenters. The molecule has 1 atom stereocenters. The number of amides is 1. The van der Waals surface area contributed by atoms with Gasteiger partial charge in [0.1, 0.15) is 5.60 Å². The lowest BCUT2D eigenvalue weighted by Gasteiger charge is -2.37. The second-order valence-corrected chi connectivity index (χ2v) is 6.62. The number of likely N-dealkylation sites (tertiary alicyclic amines) is 1. The highest BCUT2D eigenvalue weighted by Gasteiger charge is 2.46. The quantitative estimate of drug-likeness (QED) is 0.906. The summed E-state index contributed by atoms with van der Waals surface area (Å²) in [6.45, 7) is 6.15. The number of hydrogen-bond acceptors (Lipinski definition) is 4. The van der Waals surface area contributed by atoms with E-state index in [1.807, 2.05) is 37.3 Å². The number of piperidine rings is 1. The summed E-state index contributed by atoms with van der Waals surface area (Å²) in [5.41, 5.74) is 0.700. The molecule has 2 fully saturated rings. The van der Waals surface area contributed by atoms with Gasteiger partial charge in [0.05, 0.1) is 12.6 Å². The van der Waals surface area contributed by atoms with Gasteiger partial charge in [0.15, 0.2) is 0 Å². The highest BCUT2D eigenvalue weighted by Crippen LogP contribution is 2.33. The Morgan fingerprint density at radius 1 is 1.26 bits per heavy atom. The molecule has 0 bridgehead atoms. The van der Waals surface area contributed by atoms with E-state index in [1.54, 1.807) is 4.90 Å². The third-order valence-corrected chi connectivity index (χ3v) is 5.09. The number of aliphatic hydroxyl groups is 1. The molecule has 126 valence electrons. The monoisotopic (exact) mass is 318 g/mol. The summed E-state index contributed by atoms with van der Waals surface area (Å²) in [5.74, 6) is 0. The average molecular weight is 318 g/mol. The lowest BCUT2D eigenvalue weighted by molar-refractivity contribution is -0.00215. The Balaban J connectivity index is 1.46. The summed E-state index contributed by atoms with van der Waals surface area (Å²) in [5, 5.41) is 10.3. The van der Waals surface area contributed by atoms with E-state index in [1.165, 1.54) is 0 Å². The van der Waals surface area contributed by atoms with Crippen LogP contribution in [0, 0.1) is 0 Å². The van der Waals surface area contributed by atoms with Crippen molar-refractivity contribution in [2.45, 2.75) is 37.9 Å². The fourth-order valence-corrected chi connectivity index (χ4v) is 3.53. The maximum atomic E-state index is 11.8. The third-order valence-electron chi connectivity index (χ3n) is 5.09. The van der Waals surface area contributed by atoms with Crippen LogP contribution in [0.2, 0.25) is 0 Å². The van der Waals surface area contributed by atoms with Crippen molar-refractivity contribution < 1.29 is 14.6 Å². The molecule has 2 aliphatic heterocycles. The van der Waals surface area contributed by atoms with Gasteiger partial charge in [-0.15, -0.1) is 0 Å². The van der Waals surface area contributed by atoms with Crippen molar-refractivity contribution >= 4 is 6.09 Å². The van der Waals surface area contributed by atoms with Gasteiger partial charge in [-0.05, 0) is 18.9 Å². The Kier molecular flexibility index (Phi) is 4.87. The molecule has 0 radical (unpaired) electrons. The minimum atomic E-state index is -0.410. The number of nitrogens with zero attached hydrogens (tertiary/aromatic N) is 2. The van der Waals surface area contributed by atoms with Crippen molar-refractivity contribution in [2.75, 3.05) is 32.7 Å². The molecule has 3 rings (SSSR count). The molecule has 0 aliphatic carbocycles. The number of carbonyl (C=O) groups is 1. The lowest BCUT2D eigenvalue weighted by Crippen LogP contribution is -2.47. The predicted molar refractivity (Wildman–Crippen MR) is 88.2 cm³/mol. The largest absolute Gasteiger partial charge is 0.441 e. The average Bonchev–Trinajstić information content (AvgIpc) is 2.90. The fourth-order valence-electron chi connectivity index (χ4n) is 3.53. The van der Waals surface area contributed by atoms with Crippen molar-refractivity contribution in [1.82, 2.24) is 9.80 Å². The summed E-state index contributed by atoms with van der Waals surface area (Å²) in [6, 6.07) is 9.80. The number of carbonyl (C=O) groups excluding carboxylic acids is 1. The van der Waals surface area contributed by atoms with E-state index in [9.17, 15) is 9.90 Å². The summed E-state index contributed by atoms with van der Waals surface area (Å²) in [6.07, 6.45) is 1.93. The van der Waals surface area contributed by atoms with Gasteiger partial charge in [0, 0.05) is 39.0 Å². The van der Waals surface area contributed by atoms with Crippen LogP contribution in [-0.4, -0.2) is 59.3 Å². The first kappa shape index (κ1) is 16.3. The second kappa shape index (κ2) is 6.89. The van der Waals surface area contributed by atoms with E-state index in [-0.39, 0.29) is 11.7 Å². The molecule has 2 saturated heterocycles. The van der Waals surface area contributed by atoms with Gasteiger partial charge in [-0.1, -0.05) is 30.3 Å². The molecule has 5 heteroatoms. The van der Waals surface area contributed by atoms with Gasteiger partial charge >= 0.3 is 6.09 Å². The van der Waals surface area contributed by atoms with Crippen LogP contribution in [0.1, 0.15) is 37.9 Å². The van der Waals surface area contributed by atoms with Crippen LogP contribution < -0.4 is 0 Å². The van der Waals surface area contributed by atoms with Gasteiger partial charge in [-0.25, -0.2) is 4.79 Å². The SMILES string of the molecule is CCN1CC2(CCN(CC[C@H](O)c3ccccc3)CC2)OC1=O. The standard InChI is InChI=1S/C18H26N2O3/c1-2-20-14-18(23-17(20)22)9-12-19(13-10-18)11-8-16(21)15-6-4-3-5-7-15/h3-7,16,21H,2,8-14H2,1H3/t16-/m0/s1. The van der Waals surface area contributed by atoms with Crippen LogP contribution in [0.4, 0.5) is 4.79 Å². The Morgan fingerprint density at radius 2 is 1.96 bits per heavy atom. The molecule has 0 aromatic heterocycles. The molecule has 2 aliphatic rings. The van der Waals surface area contributed by atoms with Crippen molar-refractivity contribution in [3.8, 4) is 0 Å². The zero-order valence-electron chi connectivity index (χ0n) is 13.8. The van der Waals surface area contributed by atoms with E-state index in [0.29, 0.717) is 6.54 Å². The highest BCUT2D eigenvalue weighted by atomic mass is 16.6. The number of hydrogen-bond donors (Lipinski definition) is 1. The number of benzene rings is 1. The Morgan fingerprint density at radius 3 is 2.57 bits per heavy atom. The number of rotatable bonds is 5. The van der Waals surface area contributed by atoms with Gasteiger partial charge in [0.25, 0.3) is 0 Å². The Labute approximate surface area is 137 Å². The van der Waals surface area contributed by atoms with E-state index in [0.717, 1.165) is 51.0 Å². The van der Waals surface area contributed by atoms with Crippen molar-refractivity contribution in [1.29, 1.82) is 0 Å². The Bertz CT molecular complexity index is 526. The first-order valence-electron chi connectivity index (χ1n) is 8.55. The minimum Gasteiger partial charge on any atom is -0.441 e. The molecular weight excluding hydrogens is 292 g/mol. The zero-order valence-corrected chi connectivity index (χ0v) is 13.8. The summed E-state index contributed by atoms with van der Waals surface area (Å²) in [7, 11) is 0. The maximum absolute atomic E-state index is 11.8. The number of aliphatic hydroxyl groups excluding tert-OH is 1. The molecular formula is C18H26N2O3. The van der Waals surface area contributed by atoms with Gasteiger partial charge in [-0.3, -0.25) is 0 Å². The van der Waals surface area contributed by atoms with E-state index < -0.39 is 6.10 Å². The van der Waals surface area contributed by atoms with Crippen LogP contribution in [-0.2, 0) is 4.74 Å². The van der Waals surface area contributed by atoms with Crippen molar-refractivity contribution in [3.05, 3.63) is 35.9 Å². The van der Waals surface area contributed by atoms with E-state index in [4.69, 9.17) is 4.74 Å². The van der Waals surface area contributed by atoms with Gasteiger partial charge in [-0.2, -0.15) is 0 Å². The van der Waals surface area contributed by atoms with Crippen LogP contribution in [0.5, 0.6) is 0 Å². The molecule has 1 spiro atoms. The first-order chi connectivity index (χ1) is 11.1. The van der Waals surface area contributed by atoms with Crippen LogP contribution in [0.25, 0.3) is 0 Å². The summed E-state index contributed by atoms with van der Waals surface area (Å²) in [4.78, 5) is 15.9. The molecule has 2 heterocycles.